The number of likely N-dealkylation sites (N-methyl/N-ethyl adjacent to an activating group) is 2. The first kappa shape index (κ1) is 30.4. The lowest BCUT2D eigenvalue weighted by atomic mass is 10.2. The van der Waals surface area contributed by atoms with Crippen molar-refractivity contribution < 1.29 is 24.9 Å². The summed E-state index contributed by atoms with van der Waals surface area (Å²) < 4.78 is 0. The van der Waals surface area contributed by atoms with Crippen molar-refractivity contribution in [2.24, 2.45) is 0 Å². The Balaban J connectivity index is 4.72. The number of carbonyl (C=O) groups excluding carboxylic acids is 2. The van der Waals surface area contributed by atoms with Gasteiger partial charge in [0.15, 0.2) is 0 Å². The van der Waals surface area contributed by atoms with E-state index in [9.17, 15) is 14.7 Å². The topological polar surface area (TPSA) is 173 Å². The van der Waals surface area contributed by atoms with Gasteiger partial charge in [-0.05, 0) is 50.6 Å². The number of aliphatic hydroxyl groups excluding tert-OH is 3. The number of carbonyl (C=O) groups is 2. The number of nitrogens with zero attached hydrogens (tertiary/aromatic N) is 4. The van der Waals surface area contributed by atoms with Gasteiger partial charge < -0.3 is 35.8 Å². The van der Waals surface area contributed by atoms with Crippen LogP contribution in [0.1, 0.15) is 13.8 Å². The van der Waals surface area contributed by atoms with Crippen LogP contribution in [-0.4, -0.2) is 95.5 Å². The maximum Gasteiger partial charge on any atom is 0.262 e. The van der Waals surface area contributed by atoms with E-state index in [4.69, 9.17) is 20.7 Å². The van der Waals surface area contributed by atoms with Crippen molar-refractivity contribution in [3.05, 3.63) is 47.9 Å². The number of rotatable bonds is 16. The molecule has 0 aliphatic carbocycles. The molecule has 0 heterocycles. The lowest BCUT2D eigenvalue weighted by molar-refractivity contribution is -0.117. The van der Waals surface area contributed by atoms with Gasteiger partial charge in [0.25, 0.3) is 11.8 Å². The molecule has 0 aromatic carbocycles. The highest BCUT2D eigenvalue weighted by molar-refractivity contribution is 5.98. The van der Waals surface area contributed by atoms with Crippen molar-refractivity contribution in [3.63, 3.8) is 0 Å². The zero-order chi connectivity index (χ0) is 25.8. The van der Waals surface area contributed by atoms with Gasteiger partial charge in [-0.15, -0.1) is 0 Å². The largest absolute Gasteiger partial charge is 0.395 e. The van der Waals surface area contributed by atoms with E-state index in [0.29, 0.717) is 26.2 Å². The van der Waals surface area contributed by atoms with Crippen LogP contribution in [0, 0.1) is 22.7 Å². The Kier molecular flexibility index (Phi) is 16.9. The summed E-state index contributed by atoms with van der Waals surface area (Å²) in [6.07, 6.45) is 7.82. The fraction of sp³-hybridized carbons (Fsp3) is 0.478. The fourth-order valence-corrected chi connectivity index (χ4v) is 2.47. The highest BCUT2D eigenvalue weighted by atomic mass is 16.3. The van der Waals surface area contributed by atoms with E-state index in [1.54, 1.807) is 34.3 Å². The summed E-state index contributed by atoms with van der Waals surface area (Å²) in [7, 11) is 0. The van der Waals surface area contributed by atoms with E-state index in [0.717, 1.165) is 0 Å². The molecule has 11 nitrogen and oxygen atoms in total. The summed E-state index contributed by atoms with van der Waals surface area (Å²) in [6, 6.07) is 3.55. The van der Waals surface area contributed by atoms with E-state index < -0.39 is 17.9 Å². The first-order valence-corrected chi connectivity index (χ1v) is 10.9. The lowest BCUT2D eigenvalue weighted by Crippen LogP contribution is -2.40. The summed E-state index contributed by atoms with van der Waals surface area (Å²) in [5.41, 5.74) is -0.340. The molecule has 0 saturated carbocycles. The van der Waals surface area contributed by atoms with E-state index in [2.05, 4.69) is 10.6 Å². The molecule has 186 valence electrons. The summed E-state index contributed by atoms with van der Waals surface area (Å²) in [6.45, 7) is 5.46. The van der Waals surface area contributed by atoms with Gasteiger partial charge >= 0.3 is 0 Å². The smallest absolute Gasteiger partial charge is 0.262 e. The van der Waals surface area contributed by atoms with Gasteiger partial charge in [-0.1, -0.05) is 0 Å². The fourth-order valence-electron chi connectivity index (χ4n) is 2.47. The molecule has 0 unspecified atom stereocenters. The number of aliphatic hydroxyl groups is 3. The highest BCUT2D eigenvalue weighted by Gasteiger charge is 2.13. The van der Waals surface area contributed by atoms with Gasteiger partial charge in [0, 0.05) is 39.3 Å². The molecule has 34 heavy (non-hydrogen) atoms. The molecule has 0 aromatic rings. The van der Waals surface area contributed by atoms with Crippen LogP contribution in [0.15, 0.2) is 47.9 Å². The molecule has 0 aliphatic rings. The molecule has 0 bridgehead atoms. The van der Waals surface area contributed by atoms with Crippen LogP contribution in [0.5, 0.6) is 0 Å². The zero-order valence-electron chi connectivity index (χ0n) is 19.6. The van der Waals surface area contributed by atoms with Gasteiger partial charge in [0.1, 0.15) is 23.3 Å². The van der Waals surface area contributed by atoms with Crippen molar-refractivity contribution in [2.75, 3.05) is 52.5 Å². The van der Waals surface area contributed by atoms with E-state index in [-0.39, 0.29) is 37.4 Å². The summed E-state index contributed by atoms with van der Waals surface area (Å²) >= 11 is 0. The SMILES string of the molecule is CCN(C=CC=C(C#N)C(=O)NCC(O)CNC(=O)C(C#N)=CC=CN(CC)CCO)CCO. The molecule has 5 N–H and O–H groups in total. The maximum absolute atomic E-state index is 12.1. The molecule has 11 heteroatoms. The molecule has 0 rings (SSSR count). The predicted octanol–water partition coefficient (Wildman–Crippen LogP) is -0.865. The number of hydrogen-bond donors (Lipinski definition) is 5. The van der Waals surface area contributed by atoms with Crippen LogP contribution in [-0.2, 0) is 9.59 Å². The normalized spacial score (nSPS) is 12.8. The molecule has 0 fully saturated rings. The Bertz CT molecular complexity index is 770. The van der Waals surface area contributed by atoms with Crippen molar-refractivity contribution in [3.8, 4) is 12.1 Å². The van der Waals surface area contributed by atoms with E-state index in [1.807, 2.05) is 13.8 Å². The zero-order valence-corrected chi connectivity index (χ0v) is 19.6. The molecular formula is C23H34N6O5. The van der Waals surface area contributed by atoms with Gasteiger partial charge in [0.05, 0.1) is 19.3 Å². The average molecular weight is 475 g/mol. The molecular weight excluding hydrogens is 440 g/mol. The molecule has 0 atom stereocenters. The van der Waals surface area contributed by atoms with Crippen molar-refractivity contribution in [1.29, 1.82) is 10.5 Å². The summed E-state index contributed by atoms with van der Waals surface area (Å²) in [4.78, 5) is 27.8. The first-order valence-electron chi connectivity index (χ1n) is 10.9. The predicted molar refractivity (Wildman–Crippen MR) is 126 cm³/mol. The van der Waals surface area contributed by atoms with Crippen molar-refractivity contribution in [1.82, 2.24) is 20.4 Å². The van der Waals surface area contributed by atoms with Crippen LogP contribution >= 0.6 is 0 Å². The second-order valence-electron chi connectivity index (χ2n) is 6.85. The third-order valence-corrected chi connectivity index (χ3v) is 4.43. The van der Waals surface area contributed by atoms with Gasteiger partial charge in [-0.25, -0.2) is 0 Å². The Labute approximate surface area is 200 Å². The average Bonchev–Trinajstić information content (AvgIpc) is 2.84. The highest BCUT2D eigenvalue weighted by Crippen LogP contribution is 1.98. The van der Waals surface area contributed by atoms with Crippen LogP contribution in [0.2, 0.25) is 0 Å². The molecule has 0 aromatic heterocycles. The molecule has 2 amide bonds. The van der Waals surface area contributed by atoms with Crippen molar-refractivity contribution >= 4 is 11.8 Å². The maximum atomic E-state index is 12.1. The quantitative estimate of drug-likeness (QED) is 0.108. The van der Waals surface area contributed by atoms with Crippen LogP contribution in [0.4, 0.5) is 0 Å². The molecule has 0 radical (unpaired) electrons. The first-order chi connectivity index (χ1) is 16.4. The Morgan fingerprint density at radius 3 is 1.53 bits per heavy atom. The Morgan fingerprint density at radius 1 is 0.853 bits per heavy atom. The van der Waals surface area contributed by atoms with Crippen molar-refractivity contribution in [2.45, 2.75) is 20.0 Å². The minimum Gasteiger partial charge on any atom is -0.395 e. The minimum absolute atomic E-state index is 0.0215. The number of nitrogens with one attached hydrogen (secondary N) is 2. The van der Waals surface area contributed by atoms with Gasteiger partial charge in [0.2, 0.25) is 0 Å². The lowest BCUT2D eigenvalue weighted by Gasteiger charge is -2.15. The summed E-state index contributed by atoms with van der Waals surface area (Å²) in [5, 5.41) is 51.0. The Hall–Kier alpha value is -3.64. The monoisotopic (exact) mass is 474 g/mol. The van der Waals surface area contributed by atoms with Gasteiger partial charge in [-0.2, -0.15) is 10.5 Å². The molecule has 0 spiro atoms. The number of amides is 2. The second-order valence-corrected chi connectivity index (χ2v) is 6.85. The molecule has 0 aliphatic heterocycles. The minimum atomic E-state index is -1.14. The van der Waals surface area contributed by atoms with E-state index >= 15 is 0 Å². The number of hydrogen-bond acceptors (Lipinski definition) is 9. The van der Waals surface area contributed by atoms with Crippen LogP contribution in [0.3, 0.4) is 0 Å². The standard InChI is InChI=1S/C23H34N6O5/c1-3-28(11-13-30)9-5-7-19(15-24)22(33)26-17-21(32)18-27-23(34)20(16-25)8-6-10-29(4-2)12-14-31/h5-10,21,30-32H,3-4,11-14,17-18H2,1-2H3,(H,26,33)(H,27,34). The van der Waals surface area contributed by atoms with Gasteiger partial charge in [-0.3, -0.25) is 9.59 Å². The summed E-state index contributed by atoms with van der Waals surface area (Å²) in [5.74, 6) is -1.37. The van der Waals surface area contributed by atoms with E-state index in [1.165, 1.54) is 24.3 Å². The van der Waals surface area contributed by atoms with Crippen LogP contribution in [0.25, 0.3) is 0 Å². The number of nitriles is 2. The second kappa shape index (κ2) is 18.9. The third-order valence-electron chi connectivity index (χ3n) is 4.43. The third kappa shape index (κ3) is 13.0. The number of allylic oxidation sites excluding steroid dienone is 4. The Morgan fingerprint density at radius 2 is 1.24 bits per heavy atom. The molecule has 0 saturated heterocycles. The van der Waals surface area contributed by atoms with Crippen LogP contribution < -0.4 is 10.6 Å².